The Balaban J connectivity index is 2.57. The van der Waals surface area contributed by atoms with E-state index >= 15 is 0 Å². The zero-order valence-corrected chi connectivity index (χ0v) is 8.18. The summed E-state index contributed by atoms with van der Waals surface area (Å²) in [5, 5.41) is 8.58. The fourth-order valence-electron chi connectivity index (χ4n) is 1.09. The van der Waals surface area contributed by atoms with Crippen LogP contribution in [0.3, 0.4) is 0 Å². The van der Waals surface area contributed by atoms with E-state index < -0.39 is 0 Å². The van der Waals surface area contributed by atoms with Crippen molar-refractivity contribution >= 4 is 11.6 Å². The summed E-state index contributed by atoms with van der Waals surface area (Å²) in [4.78, 5) is 17.0. The van der Waals surface area contributed by atoms with Crippen LogP contribution < -0.4 is 4.90 Å². The van der Waals surface area contributed by atoms with Gasteiger partial charge in [-0.15, -0.1) is 0 Å². The van der Waals surface area contributed by atoms with Crippen molar-refractivity contribution in [3.63, 3.8) is 0 Å². The maximum Gasteiger partial charge on any atom is 0.226 e. The van der Waals surface area contributed by atoms with Gasteiger partial charge >= 0.3 is 0 Å². The Labute approximate surface area is 83.2 Å². The van der Waals surface area contributed by atoms with Gasteiger partial charge in [-0.3, -0.25) is 9.78 Å². The predicted octanol–water partition coefficient (Wildman–Crippen LogP) is 0.817. The molecule has 0 fully saturated rings. The molecule has 1 heterocycles. The molecule has 0 radical (unpaired) electrons. The van der Waals surface area contributed by atoms with Crippen molar-refractivity contribution in [3.8, 4) is 0 Å². The van der Waals surface area contributed by atoms with Gasteiger partial charge in [-0.25, -0.2) is 0 Å². The van der Waals surface area contributed by atoms with Crippen molar-refractivity contribution in [1.29, 1.82) is 0 Å². The molecule has 76 valence electrons. The molecule has 0 aromatic carbocycles. The molecule has 0 saturated carbocycles. The lowest BCUT2D eigenvalue weighted by Gasteiger charge is -2.16. The quantitative estimate of drug-likeness (QED) is 0.772. The second-order valence-electron chi connectivity index (χ2n) is 2.99. The Morgan fingerprint density at radius 2 is 2.43 bits per heavy atom. The third-order valence-corrected chi connectivity index (χ3v) is 1.96. The van der Waals surface area contributed by atoms with Crippen molar-refractivity contribution in [2.45, 2.75) is 12.8 Å². The molecule has 1 N–H and O–H groups in total. The van der Waals surface area contributed by atoms with Crippen LogP contribution in [0.1, 0.15) is 12.8 Å². The SMILES string of the molecule is CN(C(=O)CCCO)c1cccnc1. The van der Waals surface area contributed by atoms with Gasteiger partial charge in [-0.2, -0.15) is 0 Å². The van der Waals surface area contributed by atoms with Crippen LogP contribution in [0.2, 0.25) is 0 Å². The Kier molecular flexibility index (Phi) is 4.07. The molecule has 0 aliphatic carbocycles. The van der Waals surface area contributed by atoms with Crippen molar-refractivity contribution in [1.82, 2.24) is 4.98 Å². The van der Waals surface area contributed by atoms with Gasteiger partial charge in [0.1, 0.15) is 0 Å². The molecule has 0 bridgehead atoms. The number of carbonyl (C=O) groups excluding carboxylic acids is 1. The lowest BCUT2D eigenvalue weighted by Crippen LogP contribution is -2.26. The first-order valence-corrected chi connectivity index (χ1v) is 4.53. The number of nitrogens with zero attached hydrogens (tertiary/aromatic N) is 2. The minimum atomic E-state index is -0.00736. The Bertz CT molecular complexity index is 287. The number of aliphatic hydroxyl groups excluding tert-OH is 1. The van der Waals surface area contributed by atoms with E-state index in [1.807, 2.05) is 6.07 Å². The number of hydrogen-bond donors (Lipinski definition) is 1. The van der Waals surface area contributed by atoms with Crippen molar-refractivity contribution < 1.29 is 9.90 Å². The number of amides is 1. The molecule has 0 saturated heterocycles. The van der Waals surface area contributed by atoms with Gasteiger partial charge in [0, 0.05) is 26.3 Å². The molecule has 0 aliphatic rings. The van der Waals surface area contributed by atoms with Crippen LogP contribution in [-0.4, -0.2) is 29.7 Å². The second kappa shape index (κ2) is 5.34. The van der Waals surface area contributed by atoms with Gasteiger partial charge in [0.2, 0.25) is 5.91 Å². The monoisotopic (exact) mass is 194 g/mol. The van der Waals surface area contributed by atoms with Gasteiger partial charge < -0.3 is 10.0 Å². The Morgan fingerprint density at radius 3 is 3.00 bits per heavy atom. The third kappa shape index (κ3) is 2.81. The highest BCUT2D eigenvalue weighted by molar-refractivity contribution is 5.92. The van der Waals surface area contributed by atoms with Crippen LogP contribution in [0.5, 0.6) is 0 Å². The topological polar surface area (TPSA) is 53.4 Å². The molecule has 1 amide bonds. The first kappa shape index (κ1) is 10.7. The summed E-state index contributed by atoms with van der Waals surface area (Å²) in [6, 6.07) is 3.61. The van der Waals surface area contributed by atoms with Gasteiger partial charge in [0.25, 0.3) is 0 Å². The summed E-state index contributed by atoms with van der Waals surface area (Å²) >= 11 is 0. The standard InChI is InChI=1S/C10H14N2O2/c1-12(10(14)5-3-7-13)9-4-2-6-11-8-9/h2,4,6,8,13H,3,5,7H2,1H3. The highest BCUT2D eigenvalue weighted by Gasteiger charge is 2.09. The Hall–Kier alpha value is -1.42. The lowest BCUT2D eigenvalue weighted by atomic mass is 10.3. The van der Waals surface area contributed by atoms with Crippen LogP contribution in [0.25, 0.3) is 0 Å². The summed E-state index contributed by atoms with van der Waals surface area (Å²) in [7, 11) is 1.71. The third-order valence-electron chi connectivity index (χ3n) is 1.96. The first-order valence-electron chi connectivity index (χ1n) is 4.53. The molecule has 0 spiro atoms. The summed E-state index contributed by atoms with van der Waals surface area (Å²) in [6.45, 7) is 0.0482. The maximum atomic E-state index is 11.5. The second-order valence-corrected chi connectivity index (χ2v) is 2.99. The molecular weight excluding hydrogens is 180 g/mol. The summed E-state index contributed by atoms with van der Waals surface area (Å²) < 4.78 is 0. The zero-order chi connectivity index (χ0) is 10.4. The van der Waals surface area contributed by atoms with E-state index in [1.165, 1.54) is 0 Å². The molecule has 1 rings (SSSR count). The number of pyridine rings is 1. The van der Waals surface area contributed by atoms with Gasteiger partial charge in [0.05, 0.1) is 11.9 Å². The van der Waals surface area contributed by atoms with Crippen LogP contribution in [0.15, 0.2) is 24.5 Å². The smallest absolute Gasteiger partial charge is 0.226 e. The highest BCUT2D eigenvalue weighted by Crippen LogP contribution is 2.10. The Morgan fingerprint density at radius 1 is 1.64 bits per heavy atom. The summed E-state index contributed by atoms with van der Waals surface area (Å²) in [5.41, 5.74) is 0.774. The molecule has 1 aromatic heterocycles. The van der Waals surface area contributed by atoms with Gasteiger partial charge in [0.15, 0.2) is 0 Å². The van der Waals surface area contributed by atoms with E-state index in [1.54, 1.807) is 30.4 Å². The zero-order valence-electron chi connectivity index (χ0n) is 8.18. The largest absolute Gasteiger partial charge is 0.396 e. The molecular formula is C10H14N2O2. The van der Waals surface area contributed by atoms with Crippen LogP contribution in [-0.2, 0) is 4.79 Å². The van der Waals surface area contributed by atoms with Crippen molar-refractivity contribution in [2.24, 2.45) is 0 Å². The molecule has 14 heavy (non-hydrogen) atoms. The average molecular weight is 194 g/mol. The number of anilines is 1. The number of aliphatic hydroxyl groups is 1. The number of aromatic nitrogens is 1. The van der Waals surface area contributed by atoms with Crippen LogP contribution in [0, 0.1) is 0 Å². The van der Waals surface area contributed by atoms with E-state index in [2.05, 4.69) is 4.98 Å². The van der Waals surface area contributed by atoms with Crippen molar-refractivity contribution in [3.05, 3.63) is 24.5 Å². The molecule has 0 aliphatic heterocycles. The normalized spacial score (nSPS) is 9.86. The molecule has 0 atom stereocenters. The number of rotatable bonds is 4. The summed E-state index contributed by atoms with van der Waals surface area (Å²) in [6.07, 6.45) is 4.16. The molecule has 4 nitrogen and oxygen atoms in total. The summed E-state index contributed by atoms with van der Waals surface area (Å²) in [5.74, 6) is -0.00736. The van der Waals surface area contributed by atoms with Gasteiger partial charge in [-0.05, 0) is 18.6 Å². The molecule has 1 aromatic rings. The number of carbonyl (C=O) groups is 1. The highest BCUT2D eigenvalue weighted by atomic mass is 16.3. The number of hydrogen-bond acceptors (Lipinski definition) is 3. The molecule has 4 heteroatoms. The van der Waals surface area contributed by atoms with Gasteiger partial charge in [-0.1, -0.05) is 0 Å². The van der Waals surface area contributed by atoms with E-state index in [0.29, 0.717) is 12.8 Å². The van der Waals surface area contributed by atoms with Crippen molar-refractivity contribution in [2.75, 3.05) is 18.6 Å². The minimum Gasteiger partial charge on any atom is -0.396 e. The van der Waals surface area contributed by atoms with E-state index in [0.717, 1.165) is 5.69 Å². The fraction of sp³-hybridized carbons (Fsp3) is 0.400. The van der Waals surface area contributed by atoms with E-state index in [-0.39, 0.29) is 12.5 Å². The predicted molar refractivity (Wildman–Crippen MR) is 54.0 cm³/mol. The molecule has 0 unspecified atom stereocenters. The van der Waals surface area contributed by atoms with Crippen LogP contribution in [0.4, 0.5) is 5.69 Å². The van der Waals surface area contributed by atoms with E-state index in [9.17, 15) is 4.79 Å². The fourth-order valence-corrected chi connectivity index (χ4v) is 1.09. The maximum absolute atomic E-state index is 11.5. The first-order chi connectivity index (χ1) is 6.75. The van der Waals surface area contributed by atoms with E-state index in [4.69, 9.17) is 5.11 Å². The average Bonchev–Trinajstić information content (AvgIpc) is 2.26. The lowest BCUT2D eigenvalue weighted by molar-refractivity contribution is -0.118. The van der Waals surface area contributed by atoms with Crippen LogP contribution >= 0.6 is 0 Å². The minimum absolute atomic E-state index is 0.00736.